The van der Waals surface area contributed by atoms with Crippen LogP contribution in [0, 0.1) is 0 Å². The van der Waals surface area contributed by atoms with E-state index in [2.05, 4.69) is 5.32 Å². The third kappa shape index (κ3) is 4.50. The lowest BCUT2D eigenvalue weighted by Gasteiger charge is -2.12. The Balaban J connectivity index is 2.70. The van der Waals surface area contributed by atoms with E-state index in [-0.39, 0.29) is 17.2 Å². The summed E-state index contributed by atoms with van der Waals surface area (Å²) in [6.07, 6.45) is -0.380. The number of carbonyl (C=O) groups is 1. The monoisotopic (exact) mass is 301 g/mol. The van der Waals surface area contributed by atoms with Crippen LogP contribution >= 0.6 is 0 Å². The standard InChI is InChI=1S/C13H19NO5S/c1-3-8-20(17,18)11-6-4-10(5-7-11)14-9-12(19-2)13(15)16/h4-7,12,14H,3,8-9H2,1-2H3,(H,15,16). The lowest BCUT2D eigenvalue weighted by Crippen LogP contribution is -2.30. The molecule has 2 N–H and O–H groups in total. The molecule has 0 aromatic heterocycles. The fraction of sp³-hybridized carbons (Fsp3) is 0.462. The number of anilines is 1. The summed E-state index contributed by atoms with van der Waals surface area (Å²) in [4.78, 5) is 11.0. The predicted octanol–water partition coefficient (Wildman–Crippen LogP) is 1.38. The van der Waals surface area contributed by atoms with Gasteiger partial charge < -0.3 is 15.2 Å². The van der Waals surface area contributed by atoms with Crippen molar-refractivity contribution in [1.82, 2.24) is 0 Å². The summed E-state index contributed by atoms with van der Waals surface area (Å²) in [5.74, 6) is -0.938. The van der Waals surface area contributed by atoms with Crippen LogP contribution in [-0.4, -0.2) is 45.0 Å². The van der Waals surface area contributed by atoms with Crippen molar-refractivity contribution in [3.05, 3.63) is 24.3 Å². The average Bonchev–Trinajstić information content (AvgIpc) is 2.39. The summed E-state index contributed by atoms with van der Waals surface area (Å²) in [5.41, 5.74) is 0.642. The van der Waals surface area contributed by atoms with Crippen molar-refractivity contribution in [1.29, 1.82) is 0 Å². The summed E-state index contributed by atoms with van der Waals surface area (Å²) in [5, 5.41) is 11.7. The van der Waals surface area contributed by atoms with Crippen LogP contribution in [0.1, 0.15) is 13.3 Å². The van der Waals surface area contributed by atoms with E-state index >= 15 is 0 Å². The molecule has 0 aliphatic heterocycles. The molecular formula is C13H19NO5S. The van der Waals surface area contributed by atoms with Crippen LogP contribution in [0.15, 0.2) is 29.2 Å². The zero-order valence-electron chi connectivity index (χ0n) is 11.5. The summed E-state index contributed by atoms with van der Waals surface area (Å²) in [7, 11) is -1.90. The maximum absolute atomic E-state index is 11.8. The van der Waals surface area contributed by atoms with Gasteiger partial charge in [-0.2, -0.15) is 0 Å². The largest absolute Gasteiger partial charge is 0.479 e. The molecular weight excluding hydrogens is 282 g/mol. The topological polar surface area (TPSA) is 92.7 Å². The number of ether oxygens (including phenoxy) is 1. The van der Waals surface area contributed by atoms with Crippen LogP contribution in [0.3, 0.4) is 0 Å². The van der Waals surface area contributed by atoms with E-state index in [1.54, 1.807) is 12.1 Å². The zero-order chi connectivity index (χ0) is 15.2. The highest BCUT2D eigenvalue weighted by atomic mass is 32.2. The Kier molecular flexibility index (Phi) is 5.97. The van der Waals surface area contributed by atoms with Gasteiger partial charge in [-0.25, -0.2) is 13.2 Å². The minimum atomic E-state index is -3.22. The van der Waals surface area contributed by atoms with Gasteiger partial charge in [0.2, 0.25) is 0 Å². The highest BCUT2D eigenvalue weighted by molar-refractivity contribution is 7.91. The van der Waals surface area contributed by atoms with E-state index in [0.717, 1.165) is 0 Å². The van der Waals surface area contributed by atoms with Gasteiger partial charge in [-0.3, -0.25) is 0 Å². The first-order valence-corrected chi connectivity index (χ1v) is 7.88. The Bertz CT molecular complexity index is 538. The smallest absolute Gasteiger partial charge is 0.334 e. The first-order chi connectivity index (χ1) is 9.40. The van der Waals surface area contributed by atoms with Crippen molar-refractivity contribution >= 4 is 21.5 Å². The van der Waals surface area contributed by atoms with Crippen LogP contribution in [0.2, 0.25) is 0 Å². The number of hydrogen-bond acceptors (Lipinski definition) is 5. The Hall–Kier alpha value is -1.60. The molecule has 0 heterocycles. The molecule has 0 bridgehead atoms. The van der Waals surface area contributed by atoms with E-state index in [9.17, 15) is 13.2 Å². The first-order valence-electron chi connectivity index (χ1n) is 6.23. The van der Waals surface area contributed by atoms with E-state index in [0.29, 0.717) is 12.1 Å². The number of sulfone groups is 1. The maximum Gasteiger partial charge on any atom is 0.334 e. The minimum Gasteiger partial charge on any atom is -0.479 e. The quantitative estimate of drug-likeness (QED) is 0.753. The SMILES string of the molecule is CCCS(=O)(=O)c1ccc(NCC(OC)C(=O)O)cc1. The van der Waals surface area contributed by atoms with Gasteiger partial charge in [0.1, 0.15) is 0 Å². The normalized spacial score (nSPS) is 12.9. The number of hydrogen-bond donors (Lipinski definition) is 2. The lowest BCUT2D eigenvalue weighted by atomic mass is 10.3. The summed E-state index contributed by atoms with van der Waals surface area (Å²) in [6.45, 7) is 1.91. The minimum absolute atomic E-state index is 0.104. The summed E-state index contributed by atoms with van der Waals surface area (Å²) in [6, 6.07) is 6.24. The highest BCUT2D eigenvalue weighted by Crippen LogP contribution is 2.16. The van der Waals surface area contributed by atoms with E-state index in [1.807, 2.05) is 6.92 Å². The van der Waals surface area contributed by atoms with Crippen molar-refractivity contribution in [3.63, 3.8) is 0 Å². The molecule has 112 valence electrons. The third-order valence-corrected chi connectivity index (χ3v) is 4.67. The summed E-state index contributed by atoms with van der Waals surface area (Å²) >= 11 is 0. The van der Waals surface area contributed by atoms with Crippen LogP contribution < -0.4 is 5.32 Å². The molecule has 0 radical (unpaired) electrons. The van der Waals surface area contributed by atoms with Crippen molar-refractivity contribution < 1.29 is 23.1 Å². The van der Waals surface area contributed by atoms with E-state index in [1.165, 1.54) is 19.2 Å². The molecule has 0 fully saturated rings. The number of methoxy groups -OCH3 is 1. The Morgan fingerprint density at radius 1 is 1.35 bits per heavy atom. The number of carboxylic acid groups (broad SMARTS) is 1. The fourth-order valence-electron chi connectivity index (χ4n) is 1.65. The molecule has 1 aromatic rings. The molecule has 6 nitrogen and oxygen atoms in total. The number of benzene rings is 1. The molecule has 0 saturated carbocycles. The molecule has 20 heavy (non-hydrogen) atoms. The molecule has 1 atom stereocenters. The second-order valence-electron chi connectivity index (χ2n) is 4.29. The number of nitrogens with one attached hydrogen (secondary N) is 1. The first kappa shape index (κ1) is 16.5. The molecule has 1 unspecified atom stereocenters. The molecule has 0 spiro atoms. The van der Waals surface area contributed by atoms with Crippen LogP contribution in [-0.2, 0) is 19.4 Å². The molecule has 1 rings (SSSR count). The fourth-order valence-corrected chi connectivity index (χ4v) is 2.97. The Morgan fingerprint density at radius 3 is 2.40 bits per heavy atom. The van der Waals surface area contributed by atoms with E-state index in [4.69, 9.17) is 9.84 Å². The van der Waals surface area contributed by atoms with Gasteiger partial charge in [-0.15, -0.1) is 0 Å². The van der Waals surface area contributed by atoms with Gasteiger partial charge in [0.05, 0.1) is 17.2 Å². The van der Waals surface area contributed by atoms with E-state index < -0.39 is 21.9 Å². The van der Waals surface area contributed by atoms with Crippen molar-refractivity contribution in [3.8, 4) is 0 Å². The van der Waals surface area contributed by atoms with Gasteiger partial charge in [0.15, 0.2) is 15.9 Å². The Labute approximate surface area is 118 Å². The third-order valence-electron chi connectivity index (χ3n) is 2.74. The second kappa shape index (κ2) is 7.25. The predicted molar refractivity (Wildman–Crippen MR) is 75.7 cm³/mol. The molecule has 0 amide bonds. The van der Waals surface area contributed by atoms with Gasteiger partial charge in [0.25, 0.3) is 0 Å². The van der Waals surface area contributed by atoms with Gasteiger partial charge in [-0.1, -0.05) is 6.92 Å². The number of aliphatic carboxylic acids is 1. The molecule has 0 saturated heterocycles. The molecule has 7 heteroatoms. The number of rotatable bonds is 8. The molecule has 1 aromatic carbocycles. The highest BCUT2D eigenvalue weighted by Gasteiger charge is 2.16. The molecule has 0 aliphatic rings. The number of carboxylic acids is 1. The van der Waals surface area contributed by atoms with Gasteiger partial charge in [0, 0.05) is 12.8 Å². The van der Waals surface area contributed by atoms with Crippen molar-refractivity contribution in [2.45, 2.75) is 24.3 Å². The van der Waals surface area contributed by atoms with Crippen molar-refractivity contribution in [2.24, 2.45) is 0 Å². The molecule has 0 aliphatic carbocycles. The second-order valence-corrected chi connectivity index (χ2v) is 6.40. The maximum atomic E-state index is 11.8. The van der Waals surface area contributed by atoms with Crippen LogP contribution in [0.4, 0.5) is 5.69 Å². The average molecular weight is 301 g/mol. The Morgan fingerprint density at radius 2 is 1.95 bits per heavy atom. The van der Waals surface area contributed by atoms with Gasteiger partial charge >= 0.3 is 5.97 Å². The lowest BCUT2D eigenvalue weighted by molar-refractivity contribution is -0.147. The van der Waals surface area contributed by atoms with Crippen LogP contribution in [0.5, 0.6) is 0 Å². The van der Waals surface area contributed by atoms with Crippen LogP contribution in [0.25, 0.3) is 0 Å². The van der Waals surface area contributed by atoms with Crippen molar-refractivity contribution in [2.75, 3.05) is 24.7 Å². The zero-order valence-corrected chi connectivity index (χ0v) is 12.3. The van der Waals surface area contributed by atoms with Gasteiger partial charge in [-0.05, 0) is 30.7 Å². The summed E-state index contributed by atoms with van der Waals surface area (Å²) < 4.78 is 28.4.